The van der Waals surface area contributed by atoms with E-state index in [2.05, 4.69) is 37.5 Å². The van der Waals surface area contributed by atoms with Gasteiger partial charge in [0.05, 0.1) is 11.3 Å². The molecule has 2 aromatic carbocycles. The Morgan fingerprint density at radius 2 is 1.85 bits per heavy atom. The number of rotatable bonds is 11. The van der Waals surface area contributed by atoms with E-state index in [0.717, 1.165) is 14.7 Å². The summed E-state index contributed by atoms with van der Waals surface area (Å²) in [6.07, 6.45) is 3.59. The standard InChI is InChI=1S/C23H22IN3O5S/c24-20-6-8-21(9-7-20)33(30,31)26-13-10-17-3-1-4-18(15-17)23(19-5-2-12-25-16-19)27-32-14-11-22(28)29/h1-9,12,15-16,26H,10-11,13-14H2,(H,28,29)/b27-23+. The van der Waals surface area contributed by atoms with Gasteiger partial charge in [-0.15, -0.1) is 0 Å². The molecule has 1 aromatic heterocycles. The van der Waals surface area contributed by atoms with Crippen LogP contribution in [-0.2, 0) is 26.1 Å². The zero-order valence-corrected chi connectivity index (χ0v) is 20.5. The average Bonchev–Trinajstić information content (AvgIpc) is 2.80. The fraction of sp³-hybridized carbons (Fsp3) is 0.174. The van der Waals surface area contributed by atoms with Crippen molar-refractivity contribution in [1.82, 2.24) is 9.71 Å². The average molecular weight is 579 g/mol. The van der Waals surface area contributed by atoms with E-state index in [9.17, 15) is 13.2 Å². The maximum atomic E-state index is 12.5. The van der Waals surface area contributed by atoms with Crippen molar-refractivity contribution in [2.45, 2.75) is 17.7 Å². The summed E-state index contributed by atoms with van der Waals surface area (Å²) in [7, 11) is -3.59. The van der Waals surface area contributed by atoms with E-state index in [-0.39, 0.29) is 24.5 Å². The lowest BCUT2D eigenvalue weighted by Crippen LogP contribution is -2.26. The molecule has 3 aromatic rings. The van der Waals surface area contributed by atoms with E-state index >= 15 is 0 Å². The minimum atomic E-state index is -3.59. The molecule has 0 unspecified atom stereocenters. The molecule has 0 fully saturated rings. The van der Waals surface area contributed by atoms with Gasteiger partial charge < -0.3 is 9.94 Å². The second kappa shape index (κ2) is 11.9. The third-order valence-corrected chi connectivity index (χ3v) is 6.72. The summed E-state index contributed by atoms with van der Waals surface area (Å²) >= 11 is 2.12. The number of nitrogens with zero attached hydrogens (tertiary/aromatic N) is 2. The largest absolute Gasteiger partial charge is 0.481 e. The van der Waals surface area contributed by atoms with Gasteiger partial charge in [0.2, 0.25) is 10.0 Å². The van der Waals surface area contributed by atoms with Gasteiger partial charge in [0.25, 0.3) is 0 Å². The van der Waals surface area contributed by atoms with Crippen molar-refractivity contribution in [2.75, 3.05) is 13.2 Å². The molecule has 33 heavy (non-hydrogen) atoms. The van der Waals surface area contributed by atoms with Crippen molar-refractivity contribution in [3.05, 3.63) is 93.3 Å². The van der Waals surface area contributed by atoms with E-state index in [0.29, 0.717) is 17.7 Å². The number of nitrogens with one attached hydrogen (secondary N) is 1. The van der Waals surface area contributed by atoms with Gasteiger partial charge in [-0.25, -0.2) is 13.1 Å². The number of hydrogen-bond donors (Lipinski definition) is 2. The van der Waals surface area contributed by atoms with Gasteiger partial charge in [-0.05, 0) is 77.0 Å². The second-order valence-corrected chi connectivity index (χ2v) is 9.97. The number of benzene rings is 2. The number of sulfonamides is 1. The lowest BCUT2D eigenvalue weighted by atomic mass is 10.0. The van der Waals surface area contributed by atoms with E-state index in [4.69, 9.17) is 9.94 Å². The van der Waals surface area contributed by atoms with E-state index < -0.39 is 16.0 Å². The quantitative estimate of drug-likeness (QED) is 0.156. The van der Waals surface area contributed by atoms with E-state index in [1.165, 1.54) is 0 Å². The first-order chi connectivity index (χ1) is 15.8. The normalized spacial score (nSPS) is 11.8. The van der Waals surface area contributed by atoms with Crippen molar-refractivity contribution in [1.29, 1.82) is 0 Å². The molecule has 1 heterocycles. The number of halogens is 1. The Morgan fingerprint density at radius 1 is 1.09 bits per heavy atom. The third kappa shape index (κ3) is 7.62. The number of aromatic nitrogens is 1. The predicted molar refractivity (Wildman–Crippen MR) is 133 cm³/mol. The molecular weight excluding hydrogens is 557 g/mol. The first-order valence-electron chi connectivity index (χ1n) is 10.0. The number of aliphatic carboxylic acids is 1. The van der Waals surface area contributed by atoms with Crippen LogP contribution in [0.2, 0.25) is 0 Å². The van der Waals surface area contributed by atoms with Crippen LogP contribution in [0.3, 0.4) is 0 Å². The topological polar surface area (TPSA) is 118 Å². The molecule has 172 valence electrons. The summed E-state index contributed by atoms with van der Waals surface area (Å²) < 4.78 is 28.6. The molecule has 0 radical (unpaired) electrons. The van der Waals surface area contributed by atoms with Crippen LogP contribution in [0, 0.1) is 3.57 Å². The van der Waals surface area contributed by atoms with Crippen LogP contribution in [0.1, 0.15) is 23.1 Å². The molecule has 10 heteroatoms. The monoisotopic (exact) mass is 579 g/mol. The summed E-state index contributed by atoms with van der Waals surface area (Å²) in [5.41, 5.74) is 2.87. The van der Waals surface area contributed by atoms with Crippen LogP contribution in [0.25, 0.3) is 0 Å². The number of carboxylic acids is 1. The van der Waals surface area contributed by atoms with Crippen LogP contribution in [0.5, 0.6) is 0 Å². The van der Waals surface area contributed by atoms with Gasteiger partial charge in [0.1, 0.15) is 12.3 Å². The van der Waals surface area contributed by atoms with Crippen molar-refractivity contribution in [3.8, 4) is 0 Å². The SMILES string of the molecule is O=C(O)CCO/N=C(/c1cccnc1)c1cccc(CCNS(=O)(=O)c2ccc(I)cc2)c1. The van der Waals surface area contributed by atoms with Gasteiger partial charge in [-0.2, -0.15) is 0 Å². The van der Waals surface area contributed by atoms with Crippen LogP contribution in [0.15, 0.2) is 83.1 Å². The number of pyridine rings is 1. The number of carboxylic acid groups (broad SMARTS) is 1. The Morgan fingerprint density at radius 3 is 2.55 bits per heavy atom. The molecule has 0 spiro atoms. The maximum absolute atomic E-state index is 12.5. The van der Waals surface area contributed by atoms with Gasteiger partial charge in [0.15, 0.2) is 0 Å². The molecule has 8 nitrogen and oxygen atoms in total. The fourth-order valence-electron chi connectivity index (χ4n) is 2.92. The molecule has 0 aliphatic rings. The Balaban J connectivity index is 1.72. The summed E-state index contributed by atoms with van der Waals surface area (Å²) in [5.74, 6) is -0.970. The minimum absolute atomic E-state index is 0.0564. The highest BCUT2D eigenvalue weighted by Gasteiger charge is 2.14. The van der Waals surface area contributed by atoms with Gasteiger partial charge in [-0.3, -0.25) is 9.78 Å². The summed E-state index contributed by atoms with van der Waals surface area (Å²) in [5, 5.41) is 12.9. The number of carbonyl (C=O) groups is 1. The van der Waals surface area contributed by atoms with E-state index in [1.54, 1.807) is 42.7 Å². The number of hydrogen-bond acceptors (Lipinski definition) is 6. The Labute approximate surface area is 205 Å². The lowest BCUT2D eigenvalue weighted by Gasteiger charge is -2.10. The first-order valence-corrected chi connectivity index (χ1v) is 12.6. The lowest BCUT2D eigenvalue weighted by molar-refractivity contribution is -0.138. The van der Waals surface area contributed by atoms with Crippen LogP contribution in [0.4, 0.5) is 0 Å². The van der Waals surface area contributed by atoms with E-state index in [1.807, 2.05) is 30.3 Å². The first kappa shape index (κ1) is 24.8. The molecule has 0 bridgehead atoms. The van der Waals surface area contributed by atoms with Crippen molar-refractivity contribution >= 4 is 44.3 Å². The Kier molecular flexibility index (Phi) is 8.92. The fourth-order valence-corrected chi connectivity index (χ4v) is 4.31. The molecule has 0 aliphatic heterocycles. The molecule has 0 amide bonds. The third-order valence-electron chi connectivity index (χ3n) is 4.53. The molecule has 0 saturated carbocycles. The van der Waals surface area contributed by atoms with Crippen LogP contribution in [-0.4, -0.2) is 43.3 Å². The molecule has 0 saturated heterocycles. The predicted octanol–water partition coefficient (Wildman–Crippen LogP) is 3.45. The molecule has 0 atom stereocenters. The Hall–Kier alpha value is -2.83. The van der Waals surface area contributed by atoms with Gasteiger partial charge in [-0.1, -0.05) is 23.4 Å². The summed E-state index contributed by atoms with van der Waals surface area (Å²) in [4.78, 5) is 20.3. The number of oxime groups is 1. The second-order valence-electron chi connectivity index (χ2n) is 6.96. The van der Waals surface area contributed by atoms with Crippen LogP contribution >= 0.6 is 22.6 Å². The highest BCUT2D eigenvalue weighted by atomic mass is 127. The highest BCUT2D eigenvalue weighted by Crippen LogP contribution is 2.15. The summed E-state index contributed by atoms with van der Waals surface area (Å²) in [6, 6.07) is 17.7. The smallest absolute Gasteiger partial charge is 0.306 e. The Bertz CT molecular complexity index is 1220. The van der Waals surface area contributed by atoms with Crippen LogP contribution < -0.4 is 4.72 Å². The molecule has 3 rings (SSSR count). The highest BCUT2D eigenvalue weighted by molar-refractivity contribution is 14.1. The van der Waals surface area contributed by atoms with Gasteiger partial charge >= 0.3 is 5.97 Å². The van der Waals surface area contributed by atoms with Gasteiger partial charge in [0, 0.05) is 33.6 Å². The van der Waals surface area contributed by atoms with Crippen molar-refractivity contribution in [2.24, 2.45) is 5.16 Å². The van der Waals surface area contributed by atoms with Crippen molar-refractivity contribution < 1.29 is 23.2 Å². The zero-order valence-electron chi connectivity index (χ0n) is 17.5. The molecular formula is C23H22IN3O5S. The minimum Gasteiger partial charge on any atom is -0.481 e. The molecule has 2 N–H and O–H groups in total. The zero-order chi connectivity index (χ0) is 23.7. The maximum Gasteiger partial charge on any atom is 0.306 e. The molecule has 0 aliphatic carbocycles. The summed E-state index contributed by atoms with van der Waals surface area (Å²) in [6.45, 7) is 0.172. The van der Waals surface area contributed by atoms with Crippen molar-refractivity contribution in [3.63, 3.8) is 0 Å².